The first-order valence-electron chi connectivity index (χ1n) is 7.06. The van der Waals surface area contributed by atoms with Crippen molar-refractivity contribution in [3.8, 4) is 11.8 Å². The zero-order valence-corrected chi connectivity index (χ0v) is 14.3. The molecule has 0 bridgehead atoms. The summed E-state index contributed by atoms with van der Waals surface area (Å²) >= 11 is 3.33. The molecule has 0 radical (unpaired) electrons. The first-order valence-corrected chi connectivity index (χ1v) is 7.86. The second-order valence-electron chi connectivity index (χ2n) is 5.02. The molecule has 6 heteroatoms. The Hall–Kier alpha value is -2.91. The standard InChI is InChI=1S/C18H12BrN3O2/c1-24-14-5-2-11(3-6-14)8-12(10-20)17-21-16-7-4-13(19)9-15(16)18(23)22-17/h2-9H,1H3,(H,21,22,23)/b12-8+. The highest BCUT2D eigenvalue weighted by Crippen LogP contribution is 2.19. The quantitative estimate of drug-likeness (QED) is 0.700. The van der Waals surface area contributed by atoms with Crippen LogP contribution in [0.3, 0.4) is 0 Å². The molecule has 0 atom stereocenters. The topological polar surface area (TPSA) is 78.8 Å². The predicted molar refractivity (Wildman–Crippen MR) is 96.5 cm³/mol. The molecule has 0 saturated carbocycles. The Morgan fingerprint density at radius 1 is 1.29 bits per heavy atom. The lowest BCUT2D eigenvalue weighted by atomic mass is 10.1. The highest BCUT2D eigenvalue weighted by atomic mass is 79.9. The minimum absolute atomic E-state index is 0.244. The molecule has 0 spiro atoms. The molecule has 0 saturated heterocycles. The third-order valence-corrected chi connectivity index (χ3v) is 3.96. The molecular formula is C18H12BrN3O2. The molecule has 1 aromatic heterocycles. The second kappa shape index (κ2) is 6.69. The molecule has 3 aromatic rings. The van der Waals surface area contributed by atoms with Crippen molar-refractivity contribution in [1.29, 1.82) is 5.26 Å². The van der Waals surface area contributed by atoms with Crippen LogP contribution in [0.4, 0.5) is 0 Å². The van der Waals surface area contributed by atoms with Crippen LogP contribution in [0.1, 0.15) is 11.4 Å². The fourth-order valence-electron chi connectivity index (χ4n) is 2.26. The normalized spacial score (nSPS) is 11.3. The van der Waals surface area contributed by atoms with Gasteiger partial charge >= 0.3 is 0 Å². The van der Waals surface area contributed by atoms with Crippen LogP contribution in [0.2, 0.25) is 0 Å². The van der Waals surface area contributed by atoms with Crippen molar-refractivity contribution in [3.05, 3.63) is 68.7 Å². The van der Waals surface area contributed by atoms with Crippen molar-refractivity contribution in [3.63, 3.8) is 0 Å². The summed E-state index contributed by atoms with van der Waals surface area (Å²) in [5.74, 6) is 0.974. The van der Waals surface area contributed by atoms with Gasteiger partial charge in [-0.25, -0.2) is 4.98 Å². The Balaban J connectivity index is 2.09. The lowest BCUT2D eigenvalue weighted by Crippen LogP contribution is -2.11. The van der Waals surface area contributed by atoms with Gasteiger partial charge in [0.05, 0.1) is 23.6 Å². The number of aromatic amines is 1. The Morgan fingerprint density at radius 3 is 2.71 bits per heavy atom. The maximum Gasteiger partial charge on any atom is 0.259 e. The molecule has 3 rings (SSSR count). The Labute approximate surface area is 146 Å². The summed E-state index contributed by atoms with van der Waals surface area (Å²) in [7, 11) is 1.59. The number of H-pyrrole nitrogens is 1. The molecule has 5 nitrogen and oxygen atoms in total. The molecule has 2 aromatic carbocycles. The summed E-state index contributed by atoms with van der Waals surface area (Å²) in [6.07, 6.45) is 1.67. The monoisotopic (exact) mass is 381 g/mol. The van der Waals surface area contributed by atoms with E-state index in [-0.39, 0.29) is 17.0 Å². The molecule has 0 unspecified atom stereocenters. The van der Waals surface area contributed by atoms with E-state index < -0.39 is 0 Å². The average molecular weight is 382 g/mol. The molecule has 0 aliphatic heterocycles. The fraction of sp³-hybridized carbons (Fsp3) is 0.0556. The molecule has 0 aliphatic carbocycles. The van der Waals surface area contributed by atoms with Crippen molar-refractivity contribution in [1.82, 2.24) is 9.97 Å². The number of fused-ring (bicyclic) bond motifs is 1. The van der Waals surface area contributed by atoms with Gasteiger partial charge in [0, 0.05) is 4.47 Å². The van der Waals surface area contributed by atoms with Gasteiger partial charge in [-0.1, -0.05) is 28.1 Å². The number of rotatable bonds is 3. The van der Waals surface area contributed by atoms with E-state index in [0.29, 0.717) is 10.9 Å². The van der Waals surface area contributed by atoms with Crippen molar-refractivity contribution < 1.29 is 4.74 Å². The van der Waals surface area contributed by atoms with Crippen LogP contribution in [-0.4, -0.2) is 17.1 Å². The summed E-state index contributed by atoms with van der Waals surface area (Å²) in [6.45, 7) is 0. The first-order chi connectivity index (χ1) is 11.6. The molecule has 1 heterocycles. The summed E-state index contributed by atoms with van der Waals surface area (Å²) in [5.41, 5.74) is 1.34. The van der Waals surface area contributed by atoms with E-state index in [2.05, 4.69) is 32.0 Å². The number of aromatic nitrogens is 2. The van der Waals surface area contributed by atoms with Crippen molar-refractivity contribution >= 4 is 38.5 Å². The van der Waals surface area contributed by atoms with E-state index >= 15 is 0 Å². The number of halogens is 1. The summed E-state index contributed by atoms with van der Waals surface area (Å²) in [5, 5.41) is 9.90. The summed E-state index contributed by atoms with van der Waals surface area (Å²) in [6, 6.07) is 14.6. The minimum Gasteiger partial charge on any atom is -0.497 e. The van der Waals surface area contributed by atoms with Crippen LogP contribution < -0.4 is 10.3 Å². The number of methoxy groups -OCH3 is 1. The number of hydrogen-bond acceptors (Lipinski definition) is 4. The molecule has 0 amide bonds. The van der Waals surface area contributed by atoms with Gasteiger partial charge in [-0.3, -0.25) is 4.79 Å². The molecule has 0 fully saturated rings. The van der Waals surface area contributed by atoms with E-state index in [4.69, 9.17) is 4.74 Å². The molecule has 1 N–H and O–H groups in total. The van der Waals surface area contributed by atoms with Gasteiger partial charge in [0.25, 0.3) is 5.56 Å². The lowest BCUT2D eigenvalue weighted by molar-refractivity contribution is 0.415. The molecule has 24 heavy (non-hydrogen) atoms. The van der Waals surface area contributed by atoms with Gasteiger partial charge in [-0.15, -0.1) is 0 Å². The molecule has 118 valence electrons. The van der Waals surface area contributed by atoms with Crippen molar-refractivity contribution in [2.24, 2.45) is 0 Å². The lowest BCUT2D eigenvalue weighted by Gasteiger charge is -2.03. The number of hydrogen-bond donors (Lipinski definition) is 1. The highest BCUT2D eigenvalue weighted by molar-refractivity contribution is 9.10. The maximum absolute atomic E-state index is 12.2. The zero-order chi connectivity index (χ0) is 17.1. The Kier molecular flexibility index (Phi) is 4.45. The van der Waals surface area contributed by atoms with Crippen LogP contribution in [0.5, 0.6) is 5.75 Å². The minimum atomic E-state index is -0.285. The van der Waals surface area contributed by atoms with Crippen LogP contribution in [-0.2, 0) is 0 Å². The third-order valence-electron chi connectivity index (χ3n) is 3.47. The molecular weight excluding hydrogens is 370 g/mol. The van der Waals surface area contributed by atoms with Gasteiger partial charge in [0.15, 0.2) is 5.82 Å². The van der Waals surface area contributed by atoms with E-state index in [1.165, 1.54) is 0 Å². The SMILES string of the molecule is COc1ccc(/C=C(\C#N)c2nc3ccc(Br)cc3c(=O)[nH]2)cc1. The van der Waals surface area contributed by atoms with Gasteiger partial charge < -0.3 is 9.72 Å². The van der Waals surface area contributed by atoms with Gasteiger partial charge in [0.1, 0.15) is 11.8 Å². The second-order valence-corrected chi connectivity index (χ2v) is 5.93. The number of benzene rings is 2. The third kappa shape index (κ3) is 3.21. The largest absolute Gasteiger partial charge is 0.497 e. The predicted octanol–water partition coefficient (Wildman–Crippen LogP) is 3.76. The maximum atomic E-state index is 12.2. The van der Waals surface area contributed by atoms with Crippen LogP contribution in [0.15, 0.2) is 51.7 Å². The van der Waals surface area contributed by atoms with Gasteiger partial charge in [0.2, 0.25) is 0 Å². The van der Waals surface area contributed by atoms with Gasteiger partial charge in [-0.05, 0) is 42.0 Å². The number of nitrogens with zero attached hydrogens (tertiary/aromatic N) is 2. The van der Waals surface area contributed by atoms with Crippen molar-refractivity contribution in [2.45, 2.75) is 0 Å². The first kappa shape index (κ1) is 16.0. The van der Waals surface area contributed by atoms with E-state index in [1.54, 1.807) is 43.5 Å². The van der Waals surface area contributed by atoms with Crippen LogP contribution in [0, 0.1) is 11.3 Å². The van der Waals surface area contributed by atoms with Crippen molar-refractivity contribution in [2.75, 3.05) is 7.11 Å². The van der Waals surface area contributed by atoms with Gasteiger partial charge in [-0.2, -0.15) is 5.26 Å². The number of nitriles is 1. The number of nitrogens with one attached hydrogen (secondary N) is 1. The highest BCUT2D eigenvalue weighted by Gasteiger charge is 2.09. The summed E-state index contributed by atoms with van der Waals surface area (Å²) in [4.78, 5) is 19.3. The Bertz CT molecular complexity index is 1030. The zero-order valence-electron chi connectivity index (χ0n) is 12.7. The molecule has 0 aliphatic rings. The summed E-state index contributed by atoms with van der Waals surface area (Å²) < 4.78 is 5.90. The number of allylic oxidation sites excluding steroid dienone is 1. The van der Waals surface area contributed by atoms with Crippen LogP contribution in [0.25, 0.3) is 22.6 Å². The average Bonchev–Trinajstić information content (AvgIpc) is 2.60. The van der Waals surface area contributed by atoms with E-state index in [1.807, 2.05) is 12.1 Å². The fourth-order valence-corrected chi connectivity index (χ4v) is 2.62. The van der Waals surface area contributed by atoms with Crippen LogP contribution >= 0.6 is 15.9 Å². The Morgan fingerprint density at radius 2 is 2.04 bits per heavy atom. The smallest absolute Gasteiger partial charge is 0.259 e. The number of ether oxygens (including phenoxy) is 1. The van der Waals surface area contributed by atoms with E-state index in [9.17, 15) is 10.1 Å². The van der Waals surface area contributed by atoms with E-state index in [0.717, 1.165) is 15.8 Å².